The molecule has 6 heteroatoms. The fourth-order valence-corrected chi connectivity index (χ4v) is 2.49. The summed E-state index contributed by atoms with van der Waals surface area (Å²) in [7, 11) is 5.25. The number of hydrogen-bond donors (Lipinski definition) is 1. The number of nitrogen functional groups attached to an aromatic ring is 1. The molecule has 5 nitrogen and oxygen atoms in total. The molecule has 0 radical (unpaired) electrons. The summed E-state index contributed by atoms with van der Waals surface area (Å²) in [5.74, 6) is 0.264. The number of rotatable bonds is 6. The van der Waals surface area contributed by atoms with Crippen LogP contribution in [0.5, 0.6) is 5.75 Å². The number of para-hydroxylation sites is 1. The van der Waals surface area contributed by atoms with E-state index >= 15 is 0 Å². The maximum Gasteiger partial charge on any atom is 0.257 e. The van der Waals surface area contributed by atoms with Gasteiger partial charge in [-0.2, -0.15) is 0 Å². The quantitative estimate of drug-likeness (QED) is 0.815. The summed E-state index contributed by atoms with van der Waals surface area (Å²) < 4.78 is 5.25. The van der Waals surface area contributed by atoms with Crippen molar-refractivity contribution in [3.05, 3.63) is 53.1 Å². The molecule has 0 saturated carbocycles. The summed E-state index contributed by atoms with van der Waals surface area (Å²) in [5, 5.41) is 0.342. The summed E-state index contributed by atoms with van der Waals surface area (Å²) in [6, 6.07) is 13.1. The number of carbonyl (C=O) groups is 1. The summed E-state index contributed by atoms with van der Waals surface area (Å²) in [4.78, 5) is 16.4. The van der Waals surface area contributed by atoms with Crippen molar-refractivity contribution in [2.24, 2.45) is 0 Å². The predicted molar refractivity (Wildman–Crippen MR) is 99.1 cm³/mol. The lowest BCUT2D eigenvalue weighted by atomic mass is 10.1. The van der Waals surface area contributed by atoms with Crippen LogP contribution in [0.15, 0.2) is 42.5 Å². The van der Waals surface area contributed by atoms with Gasteiger partial charge in [0, 0.05) is 38.9 Å². The first-order chi connectivity index (χ1) is 11.4. The van der Waals surface area contributed by atoms with Gasteiger partial charge in [-0.1, -0.05) is 29.8 Å². The van der Waals surface area contributed by atoms with Crippen molar-refractivity contribution in [1.29, 1.82) is 0 Å². The number of halogens is 1. The zero-order valence-corrected chi connectivity index (χ0v) is 14.9. The molecule has 2 N–H and O–H groups in total. The molecule has 0 spiro atoms. The SMILES string of the molecule is COc1cc(N)c(Cl)cc1C(=O)N(C)CCN(C)c1ccccc1. The number of anilines is 2. The van der Waals surface area contributed by atoms with Crippen LogP contribution < -0.4 is 15.4 Å². The number of benzene rings is 2. The Morgan fingerprint density at radius 2 is 1.83 bits per heavy atom. The molecule has 2 aromatic rings. The smallest absolute Gasteiger partial charge is 0.257 e. The molecular formula is C18H22ClN3O2. The summed E-state index contributed by atoms with van der Waals surface area (Å²) in [6.07, 6.45) is 0. The van der Waals surface area contributed by atoms with Crippen molar-refractivity contribution in [1.82, 2.24) is 4.90 Å². The number of ether oxygens (including phenoxy) is 1. The van der Waals surface area contributed by atoms with Crippen LogP contribution in [0.2, 0.25) is 5.02 Å². The molecule has 0 unspecified atom stereocenters. The number of carbonyl (C=O) groups excluding carboxylic acids is 1. The first-order valence-electron chi connectivity index (χ1n) is 7.58. The normalized spacial score (nSPS) is 10.3. The molecule has 1 amide bonds. The average Bonchev–Trinajstić information content (AvgIpc) is 2.61. The molecule has 128 valence electrons. The molecule has 2 aromatic carbocycles. The van der Waals surface area contributed by atoms with Crippen molar-refractivity contribution >= 4 is 28.9 Å². The van der Waals surface area contributed by atoms with Gasteiger partial charge in [0.1, 0.15) is 5.75 Å². The van der Waals surface area contributed by atoms with Gasteiger partial charge >= 0.3 is 0 Å². The standard InChI is InChI=1S/C18H22ClN3O2/c1-21(13-7-5-4-6-8-13)9-10-22(2)18(23)14-11-15(19)16(20)12-17(14)24-3/h4-8,11-12H,9-10,20H2,1-3H3. The van der Waals surface area contributed by atoms with Crippen molar-refractivity contribution in [2.75, 3.05) is 44.9 Å². The first kappa shape index (κ1) is 17.9. The van der Waals surface area contributed by atoms with E-state index < -0.39 is 0 Å². The van der Waals surface area contributed by atoms with E-state index in [1.165, 1.54) is 7.11 Å². The van der Waals surface area contributed by atoms with Gasteiger partial charge in [-0.25, -0.2) is 0 Å². The fraction of sp³-hybridized carbons (Fsp3) is 0.278. The van der Waals surface area contributed by atoms with E-state index in [1.54, 1.807) is 24.1 Å². The molecular weight excluding hydrogens is 326 g/mol. The van der Waals surface area contributed by atoms with Gasteiger partial charge in [0.05, 0.1) is 23.4 Å². The van der Waals surface area contributed by atoms with Crippen LogP contribution in [0, 0.1) is 0 Å². The maximum atomic E-state index is 12.7. The Hall–Kier alpha value is -2.40. The topological polar surface area (TPSA) is 58.8 Å². The monoisotopic (exact) mass is 347 g/mol. The second-order valence-electron chi connectivity index (χ2n) is 5.56. The number of likely N-dealkylation sites (N-methyl/N-ethyl adjacent to an activating group) is 2. The molecule has 0 saturated heterocycles. The third-order valence-corrected chi connectivity index (χ3v) is 4.19. The molecule has 2 rings (SSSR count). The van der Waals surface area contributed by atoms with Crippen LogP contribution in [-0.2, 0) is 0 Å². The van der Waals surface area contributed by atoms with Gasteiger partial charge in [0.2, 0.25) is 0 Å². The Bertz CT molecular complexity index is 707. The van der Waals surface area contributed by atoms with Gasteiger partial charge < -0.3 is 20.3 Å². The highest BCUT2D eigenvalue weighted by Crippen LogP contribution is 2.29. The predicted octanol–water partition coefficient (Wildman–Crippen LogP) is 3.14. The molecule has 0 heterocycles. The molecule has 0 aliphatic carbocycles. The summed E-state index contributed by atoms with van der Waals surface area (Å²) in [5.41, 5.74) is 7.65. The number of hydrogen-bond acceptors (Lipinski definition) is 4. The van der Waals surface area contributed by atoms with Crippen LogP contribution in [0.3, 0.4) is 0 Å². The molecule has 0 aromatic heterocycles. The highest BCUT2D eigenvalue weighted by molar-refractivity contribution is 6.33. The average molecular weight is 348 g/mol. The van der Waals surface area contributed by atoms with E-state index in [1.807, 2.05) is 37.4 Å². The minimum absolute atomic E-state index is 0.157. The second kappa shape index (κ2) is 7.93. The lowest BCUT2D eigenvalue weighted by Gasteiger charge is -2.24. The van der Waals surface area contributed by atoms with Crippen LogP contribution in [0.4, 0.5) is 11.4 Å². The molecule has 0 aliphatic heterocycles. The first-order valence-corrected chi connectivity index (χ1v) is 7.96. The highest BCUT2D eigenvalue weighted by Gasteiger charge is 2.19. The Morgan fingerprint density at radius 1 is 1.17 bits per heavy atom. The minimum atomic E-state index is -0.157. The van der Waals surface area contributed by atoms with Crippen LogP contribution >= 0.6 is 11.6 Å². The van der Waals surface area contributed by atoms with E-state index in [2.05, 4.69) is 4.90 Å². The van der Waals surface area contributed by atoms with Crippen molar-refractivity contribution in [3.63, 3.8) is 0 Å². The van der Waals surface area contributed by atoms with Crippen molar-refractivity contribution in [2.45, 2.75) is 0 Å². The van der Waals surface area contributed by atoms with E-state index in [0.29, 0.717) is 35.1 Å². The number of nitrogens with two attached hydrogens (primary N) is 1. The van der Waals surface area contributed by atoms with Gasteiger partial charge in [0.15, 0.2) is 0 Å². The third-order valence-electron chi connectivity index (χ3n) is 3.86. The molecule has 24 heavy (non-hydrogen) atoms. The van der Waals surface area contributed by atoms with Gasteiger partial charge in [-0.05, 0) is 18.2 Å². The van der Waals surface area contributed by atoms with Crippen LogP contribution in [0.1, 0.15) is 10.4 Å². The molecule has 0 aliphatic rings. The lowest BCUT2D eigenvalue weighted by molar-refractivity contribution is 0.0795. The van der Waals surface area contributed by atoms with Gasteiger partial charge in [0.25, 0.3) is 5.91 Å². The van der Waals surface area contributed by atoms with Crippen LogP contribution in [-0.4, -0.2) is 45.1 Å². The Balaban J connectivity index is 2.06. The van der Waals surface area contributed by atoms with Crippen molar-refractivity contribution in [3.8, 4) is 5.75 Å². The van der Waals surface area contributed by atoms with E-state index in [0.717, 1.165) is 5.69 Å². The number of amides is 1. The highest BCUT2D eigenvalue weighted by atomic mass is 35.5. The van der Waals surface area contributed by atoms with Crippen LogP contribution in [0.25, 0.3) is 0 Å². The van der Waals surface area contributed by atoms with Gasteiger partial charge in [-0.15, -0.1) is 0 Å². The molecule has 0 bridgehead atoms. The molecule has 0 fully saturated rings. The Kier molecular flexibility index (Phi) is 5.93. The Labute approximate surface area is 147 Å². The lowest BCUT2D eigenvalue weighted by Crippen LogP contribution is -2.35. The third kappa shape index (κ3) is 4.11. The van der Waals surface area contributed by atoms with Gasteiger partial charge in [-0.3, -0.25) is 4.79 Å². The summed E-state index contributed by atoms with van der Waals surface area (Å²) in [6.45, 7) is 1.27. The number of nitrogens with zero attached hydrogens (tertiary/aromatic N) is 2. The molecule has 0 atom stereocenters. The van der Waals surface area contributed by atoms with E-state index in [9.17, 15) is 4.79 Å². The zero-order valence-electron chi connectivity index (χ0n) is 14.1. The van der Waals surface area contributed by atoms with Crippen molar-refractivity contribution < 1.29 is 9.53 Å². The Morgan fingerprint density at radius 3 is 2.46 bits per heavy atom. The fourth-order valence-electron chi connectivity index (χ4n) is 2.32. The maximum absolute atomic E-state index is 12.7. The minimum Gasteiger partial charge on any atom is -0.496 e. The zero-order chi connectivity index (χ0) is 17.7. The largest absolute Gasteiger partial charge is 0.496 e. The summed E-state index contributed by atoms with van der Waals surface area (Å²) >= 11 is 6.04. The van der Waals surface area contributed by atoms with E-state index in [-0.39, 0.29) is 5.91 Å². The van der Waals surface area contributed by atoms with E-state index in [4.69, 9.17) is 22.1 Å². The second-order valence-corrected chi connectivity index (χ2v) is 5.97. The number of methoxy groups -OCH3 is 1.